The Labute approximate surface area is 120 Å². The van der Waals surface area contributed by atoms with Crippen LogP contribution in [0.4, 0.5) is 5.82 Å². The standard InChI is InChI=1S/C14H24N4O2/c1-10-11(13(19)20)12(18(5)15-10)17(4)9-14(16(2)3)7-6-8-14/h6-9H2,1-5H3,(H,19,20). The molecule has 0 aromatic carbocycles. The maximum Gasteiger partial charge on any atom is 0.341 e. The molecule has 1 aromatic rings. The van der Waals surface area contributed by atoms with Gasteiger partial charge in [-0.15, -0.1) is 0 Å². The van der Waals surface area contributed by atoms with Crippen molar-refractivity contribution >= 4 is 11.8 Å². The van der Waals surface area contributed by atoms with E-state index in [1.54, 1.807) is 18.7 Å². The third-order valence-corrected chi connectivity index (χ3v) is 4.53. The van der Waals surface area contributed by atoms with Gasteiger partial charge in [0.1, 0.15) is 11.4 Å². The van der Waals surface area contributed by atoms with Gasteiger partial charge >= 0.3 is 5.97 Å². The molecule has 0 radical (unpaired) electrons. The molecule has 0 amide bonds. The molecule has 2 rings (SSSR count). The van der Waals surface area contributed by atoms with Crippen molar-refractivity contribution in [1.82, 2.24) is 14.7 Å². The van der Waals surface area contributed by atoms with Crippen molar-refractivity contribution in [2.24, 2.45) is 7.05 Å². The molecule has 1 N–H and O–H groups in total. The Morgan fingerprint density at radius 2 is 2.00 bits per heavy atom. The fraction of sp³-hybridized carbons (Fsp3) is 0.714. The Hall–Kier alpha value is -1.56. The monoisotopic (exact) mass is 280 g/mol. The second kappa shape index (κ2) is 5.09. The molecule has 1 heterocycles. The van der Waals surface area contributed by atoms with E-state index in [1.807, 2.05) is 11.9 Å². The molecule has 1 aliphatic rings. The minimum atomic E-state index is -0.912. The summed E-state index contributed by atoms with van der Waals surface area (Å²) in [6, 6.07) is 0. The number of rotatable bonds is 5. The lowest BCUT2D eigenvalue weighted by molar-refractivity contribution is 0.0668. The minimum absolute atomic E-state index is 0.155. The maximum absolute atomic E-state index is 11.5. The van der Waals surface area contributed by atoms with Gasteiger partial charge in [0.15, 0.2) is 0 Å². The summed E-state index contributed by atoms with van der Waals surface area (Å²) in [7, 11) is 7.94. The zero-order chi connectivity index (χ0) is 15.1. The van der Waals surface area contributed by atoms with Gasteiger partial charge in [0, 0.05) is 26.2 Å². The number of likely N-dealkylation sites (N-methyl/N-ethyl adjacent to an activating group) is 2. The lowest BCUT2D eigenvalue weighted by Gasteiger charge is -2.49. The van der Waals surface area contributed by atoms with Crippen LogP contribution in [-0.2, 0) is 7.05 Å². The summed E-state index contributed by atoms with van der Waals surface area (Å²) in [6.07, 6.45) is 3.55. The molecule has 112 valence electrons. The van der Waals surface area contributed by atoms with E-state index in [-0.39, 0.29) is 5.54 Å². The Bertz CT molecular complexity index is 517. The van der Waals surface area contributed by atoms with Gasteiger partial charge in [0.2, 0.25) is 0 Å². The van der Waals surface area contributed by atoms with E-state index in [2.05, 4.69) is 24.1 Å². The van der Waals surface area contributed by atoms with Gasteiger partial charge in [-0.1, -0.05) is 0 Å². The number of anilines is 1. The number of aromatic nitrogens is 2. The first-order valence-electron chi connectivity index (χ1n) is 6.94. The predicted molar refractivity (Wildman–Crippen MR) is 78.4 cm³/mol. The van der Waals surface area contributed by atoms with Gasteiger partial charge in [-0.3, -0.25) is 4.68 Å². The van der Waals surface area contributed by atoms with Gasteiger partial charge < -0.3 is 14.9 Å². The highest BCUT2D eigenvalue weighted by molar-refractivity contribution is 5.94. The highest BCUT2D eigenvalue weighted by Crippen LogP contribution is 2.38. The third kappa shape index (κ3) is 2.28. The average Bonchev–Trinajstić information content (AvgIpc) is 2.57. The van der Waals surface area contributed by atoms with E-state index in [9.17, 15) is 9.90 Å². The van der Waals surface area contributed by atoms with E-state index in [0.717, 1.165) is 19.4 Å². The zero-order valence-corrected chi connectivity index (χ0v) is 13.0. The molecular formula is C14H24N4O2. The van der Waals surface area contributed by atoms with Crippen LogP contribution in [0.3, 0.4) is 0 Å². The van der Waals surface area contributed by atoms with Crippen LogP contribution >= 0.6 is 0 Å². The van der Waals surface area contributed by atoms with Crippen molar-refractivity contribution in [2.75, 3.05) is 32.6 Å². The van der Waals surface area contributed by atoms with Gasteiger partial charge in [0.05, 0.1) is 5.69 Å². The van der Waals surface area contributed by atoms with Crippen LogP contribution in [0.15, 0.2) is 0 Å². The quantitative estimate of drug-likeness (QED) is 0.882. The largest absolute Gasteiger partial charge is 0.477 e. The van der Waals surface area contributed by atoms with Crippen molar-refractivity contribution < 1.29 is 9.90 Å². The van der Waals surface area contributed by atoms with Crippen LogP contribution in [-0.4, -0.2) is 59.0 Å². The van der Waals surface area contributed by atoms with E-state index in [1.165, 1.54) is 6.42 Å². The SMILES string of the molecule is Cc1nn(C)c(N(C)CC2(N(C)C)CCC2)c1C(=O)O. The Morgan fingerprint density at radius 1 is 1.40 bits per heavy atom. The Balaban J connectivity index is 2.30. The zero-order valence-electron chi connectivity index (χ0n) is 13.0. The fourth-order valence-corrected chi connectivity index (χ4v) is 3.18. The van der Waals surface area contributed by atoms with Crippen LogP contribution in [0.1, 0.15) is 35.3 Å². The highest BCUT2D eigenvalue weighted by Gasteiger charge is 2.41. The van der Waals surface area contributed by atoms with Crippen molar-refractivity contribution in [3.63, 3.8) is 0 Å². The van der Waals surface area contributed by atoms with E-state index < -0.39 is 5.97 Å². The highest BCUT2D eigenvalue weighted by atomic mass is 16.4. The maximum atomic E-state index is 11.5. The molecule has 1 saturated carbocycles. The normalized spacial score (nSPS) is 17.1. The van der Waals surface area contributed by atoms with Crippen molar-refractivity contribution in [3.8, 4) is 0 Å². The number of aryl methyl sites for hydroxylation is 2. The summed E-state index contributed by atoms with van der Waals surface area (Å²) in [5, 5.41) is 13.6. The number of carbonyl (C=O) groups is 1. The first kappa shape index (κ1) is 14.8. The van der Waals surface area contributed by atoms with Gasteiger partial charge in [0.25, 0.3) is 0 Å². The summed E-state index contributed by atoms with van der Waals surface area (Å²) in [5.74, 6) is -0.229. The topological polar surface area (TPSA) is 61.6 Å². The predicted octanol–water partition coefficient (Wildman–Crippen LogP) is 1.35. The van der Waals surface area contributed by atoms with E-state index in [0.29, 0.717) is 17.1 Å². The molecule has 0 bridgehead atoms. The lowest BCUT2D eigenvalue weighted by Crippen LogP contribution is -2.57. The lowest BCUT2D eigenvalue weighted by atomic mass is 9.75. The molecule has 0 unspecified atom stereocenters. The van der Waals surface area contributed by atoms with Crippen molar-refractivity contribution in [2.45, 2.75) is 31.7 Å². The molecular weight excluding hydrogens is 256 g/mol. The fourth-order valence-electron chi connectivity index (χ4n) is 3.18. The molecule has 1 fully saturated rings. The van der Waals surface area contributed by atoms with Crippen molar-refractivity contribution in [3.05, 3.63) is 11.3 Å². The molecule has 0 saturated heterocycles. The molecule has 20 heavy (non-hydrogen) atoms. The third-order valence-electron chi connectivity index (χ3n) is 4.53. The minimum Gasteiger partial charge on any atom is -0.477 e. The van der Waals surface area contributed by atoms with Crippen LogP contribution in [0.5, 0.6) is 0 Å². The summed E-state index contributed by atoms with van der Waals surface area (Å²) in [6.45, 7) is 2.56. The van der Waals surface area contributed by atoms with Gasteiger partial charge in [-0.05, 0) is 40.3 Å². The molecule has 1 aromatic heterocycles. The first-order valence-corrected chi connectivity index (χ1v) is 6.94. The van der Waals surface area contributed by atoms with Crippen LogP contribution < -0.4 is 4.90 Å². The number of hydrogen-bond donors (Lipinski definition) is 1. The smallest absolute Gasteiger partial charge is 0.341 e. The summed E-state index contributed by atoms with van der Waals surface area (Å²) in [5.41, 5.74) is 1.03. The number of nitrogens with zero attached hydrogens (tertiary/aromatic N) is 4. The van der Waals surface area contributed by atoms with Gasteiger partial charge in [-0.25, -0.2) is 4.79 Å². The number of carboxylic acid groups (broad SMARTS) is 1. The first-order chi connectivity index (χ1) is 9.28. The summed E-state index contributed by atoms with van der Waals surface area (Å²) in [4.78, 5) is 15.7. The number of hydrogen-bond acceptors (Lipinski definition) is 4. The molecule has 6 nitrogen and oxygen atoms in total. The van der Waals surface area contributed by atoms with Crippen LogP contribution in [0.25, 0.3) is 0 Å². The number of carboxylic acids is 1. The van der Waals surface area contributed by atoms with E-state index >= 15 is 0 Å². The Kier molecular flexibility index (Phi) is 3.77. The summed E-state index contributed by atoms with van der Waals surface area (Å²) < 4.78 is 1.67. The van der Waals surface area contributed by atoms with Crippen molar-refractivity contribution in [1.29, 1.82) is 0 Å². The van der Waals surface area contributed by atoms with E-state index in [4.69, 9.17) is 0 Å². The van der Waals surface area contributed by atoms with Gasteiger partial charge in [-0.2, -0.15) is 5.10 Å². The molecule has 1 aliphatic carbocycles. The second-order valence-electron chi connectivity index (χ2n) is 6.04. The van der Waals surface area contributed by atoms with Crippen LogP contribution in [0.2, 0.25) is 0 Å². The van der Waals surface area contributed by atoms with Crippen LogP contribution in [0, 0.1) is 6.92 Å². The average molecular weight is 280 g/mol. The summed E-state index contributed by atoms with van der Waals surface area (Å²) >= 11 is 0. The Morgan fingerprint density at radius 3 is 2.40 bits per heavy atom. The second-order valence-corrected chi connectivity index (χ2v) is 6.04. The number of aromatic carboxylic acids is 1. The molecule has 0 atom stereocenters. The molecule has 0 spiro atoms. The molecule has 6 heteroatoms. The molecule has 0 aliphatic heterocycles.